The Morgan fingerprint density at radius 1 is 0.885 bits per heavy atom. The van der Waals surface area contributed by atoms with Crippen molar-refractivity contribution in [2.24, 2.45) is 0 Å². The van der Waals surface area contributed by atoms with Gasteiger partial charge in [-0.05, 0) is 23.8 Å². The molecule has 3 aromatic carbocycles. The zero-order valence-corrected chi connectivity index (χ0v) is 14.0. The van der Waals surface area contributed by atoms with Crippen LogP contribution in [0.5, 0.6) is 11.5 Å². The Bertz CT molecular complexity index is 956. The van der Waals surface area contributed by atoms with Crippen molar-refractivity contribution in [1.29, 1.82) is 0 Å². The number of carbonyl (C=O) groups is 1. The molecule has 0 spiro atoms. The lowest BCUT2D eigenvalue weighted by Crippen LogP contribution is -2.42. The van der Waals surface area contributed by atoms with Crippen LogP contribution in [0.4, 0.5) is 5.69 Å². The van der Waals surface area contributed by atoms with E-state index in [1.165, 1.54) is 6.07 Å². The quantitative estimate of drug-likeness (QED) is 0.630. The molecule has 1 aliphatic heterocycles. The van der Waals surface area contributed by atoms with Gasteiger partial charge in [-0.2, -0.15) is 0 Å². The number of hydrogen-bond acceptors (Lipinski definition) is 4. The van der Waals surface area contributed by atoms with Gasteiger partial charge in [-0.25, -0.2) is 0 Å². The summed E-state index contributed by atoms with van der Waals surface area (Å²) in [7, 11) is 0. The van der Waals surface area contributed by atoms with Crippen molar-refractivity contribution in [2.75, 3.05) is 5.32 Å². The van der Waals surface area contributed by atoms with E-state index in [0.717, 1.165) is 5.56 Å². The SMILES string of the molecule is O=C1c2ccccc2NC(c2cccc(O)c2O)N1Cc1ccccc1. The predicted molar refractivity (Wildman–Crippen MR) is 98.9 cm³/mol. The molecular formula is C21H18N2O3. The lowest BCUT2D eigenvalue weighted by atomic mass is 10.0. The lowest BCUT2D eigenvalue weighted by molar-refractivity contribution is 0.0664. The molecule has 1 unspecified atom stereocenters. The Labute approximate surface area is 151 Å². The van der Waals surface area contributed by atoms with Crippen molar-refractivity contribution in [1.82, 2.24) is 4.90 Å². The number of amides is 1. The van der Waals surface area contributed by atoms with Gasteiger partial charge in [0.2, 0.25) is 0 Å². The molecular weight excluding hydrogens is 328 g/mol. The fourth-order valence-electron chi connectivity index (χ4n) is 3.25. The third-order valence-corrected chi connectivity index (χ3v) is 4.56. The zero-order valence-electron chi connectivity index (χ0n) is 14.0. The number of nitrogens with one attached hydrogen (secondary N) is 1. The Hall–Kier alpha value is -3.47. The summed E-state index contributed by atoms with van der Waals surface area (Å²) in [5, 5.41) is 23.5. The van der Waals surface area contributed by atoms with E-state index in [9.17, 15) is 15.0 Å². The highest BCUT2D eigenvalue weighted by atomic mass is 16.3. The minimum Gasteiger partial charge on any atom is -0.504 e. The molecule has 3 aromatic rings. The molecule has 1 amide bonds. The van der Waals surface area contributed by atoms with Crippen LogP contribution < -0.4 is 5.32 Å². The fraction of sp³-hybridized carbons (Fsp3) is 0.0952. The molecule has 4 rings (SSSR count). The number of phenols is 2. The van der Waals surface area contributed by atoms with Crippen molar-refractivity contribution in [3.05, 3.63) is 89.5 Å². The van der Waals surface area contributed by atoms with Gasteiger partial charge in [-0.15, -0.1) is 0 Å². The van der Waals surface area contributed by atoms with Crippen LogP contribution in [0.25, 0.3) is 0 Å². The average molecular weight is 346 g/mol. The van der Waals surface area contributed by atoms with E-state index in [0.29, 0.717) is 23.4 Å². The number of fused-ring (bicyclic) bond motifs is 1. The van der Waals surface area contributed by atoms with E-state index < -0.39 is 6.17 Å². The fourth-order valence-corrected chi connectivity index (χ4v) is 3.25. The van der Waals surface area contributed by atoms with Gasteiger partial charge in [-0.3, -0.25) is 4.79 Å². The number of anilines is 1. The van der Waals surface area contributed by atoms with E-state index in [2.05, 4.69) is 5.32 Å². The largest absolute Gasteiger partial charge is 0.504 e. The molecule has 5 heteroatoms. The van der Waals surface area contributed by atoms with Crippen LogP contribution in [0.2, 0.25) is 0 Å². The van der Waals surface area contributed by atoms with Gasteiger partial charge in [0, 0.05) is 17.8 Å². The number of rotatable bonds is 3. The van der Waals surface area contributed by atoms with Crippen molar-refractivity contribution in [3.8, 4) is 11.5 Å². The van der Waals surface area contributed by atoms with Crippen molar-refractivity contribution in [2.45, 2.75) is 12.7 Å². The average Bonchev–Trinajstić information content (AvgIpc) is 2.67. The van der Waals surface area contributed by atoms with Crippen LogP contribution >= 0.6 is 0 Å². The Balaban J connectivity index is 1.81. The number of nitrogens with zero attached hydrogens (tertiary/aromatic N) is 1. The predicted octanol–water partition coefficient (Wildman–Crippen LogP) is 3.86. The normalized spacial score (nSPS) is 16.1. The van der Waals surface area contributed by atoms with E-state index >= 15 is 0 Å². The third-order valence-electron chi connectivity index (χ3n) is 4.56. The Kier molecular flexibility index (Phi) is 3.97. The molecule has 0 saturated carbocycles. The molecule has 1 atom stereocenters. The van der Waals surface area contributed by atoms with Gasteiger partial charge in [0.15, 0.2) is 11.5 Å². The second-order valence-electron chi connectivity index (χ2n) is 6.23. The number of hydrogen-bond donors (Lipinski definition) is 3. The standard InChI is InChI=1S/C21H18N2O3/c24-18-12-6-10-16(19(18)25)20-22-17-11-5-4-9-15(17)21(26)23(20)13-14-7-2-1-3-8-14/h1-12,20,22,24-25H,13H2. The summed E-state index contributed by atoms with van der Waals surface area (Å²) in [6.07, 6.45) is -0.593. The number of benzene rings is 3. The van der Waals surface area contributed by atoms with E-state index in [1.807, 2.05) is 48.5 Å². The summed E-state index contributed by atoms with van der Waals surface area (Å²) in [6.45, 7) is 0.376. The summed E-state index contributed by atoms with van der Waals surface area (Å²) >= 11 is 0. The maximum Gasteiger partial charge on any atom is 0.258 e. The van der Waals surface area contributed by atoms with Gasteiger partial charge in [-0.1, -0.05) is 54.6 Å². The second-order valence-corrected chi connectivity index (χ2v) is 6.23. The summed E-state index contributed by atoms with van der Waals surface area (Å²) < 4.78 is 0. The molecule has 1 heterocycles. The Morgan fingerprint density at radius 2 is 1.62 bits per heavy atom. The van der Waals surface area contributed by atoms with Crippen LogP contribution in [0, 0.1) is 0 Å². The maximum absolute atomic E-state index is 13.1. The first kappa shape index (κ1) is 16.0. The summed E-state index contributed by atoms with van der Waals surface area (Å²) in [5.74, 6) is -0.568. The smallest absolute Gasteiger partial charge is 0.258 e. The van der Waals surface area contributed by atoms with Crippen molar-refractivity contribution >= 4 is 11.6 Å². The van der Waals surface area contributed by atoms with Crippen molar-refractivity contribution < 1.29 is 15.0 Å². The van der Waals surface area contributed by atoms with Crippen molar-refractivity contribution in [3.63, 3.8) is 0 Å². The molecule has 130 valence electrons. The van der Waals surface area contributed by atoms with Crippen LogP contribution in [0.15, 0.2) is 72.8 Å². The van der Waals surface area contributed by atoms with E-state index in [4.69, 9.17) is 0 Å². The number of phenolic OH excluding ortho intramolecular Hbond substituents is 2. The molecule has 0 aromatic heterocycles. The summed E-state index contributed by atoms with van der Waals surface area (Å²) in [4.78, 5) is 14.8. The van der Waals surface area contributed by atoms with Crippen LogP contribution in [0.3, 0.4) is 0 Å². The second kappa shape index (κ2) is 6.44. The van der Waals surface area contributed by atoms with Crippen LogP contribution in [0.1, 0.15) is 27.7 Å². The number of para-hydroxylation sites is 2. The first-order valence-corrected chi connectivity index (χ1v) is 8.36. The molecule has 0 aliphatic carbocycles. The molecule has 1 aliphatic rings. The van der Waals surface area contributed by atoms with Gasteiger partial charge in [0.1, 0.15) is 6.17 Å². The van der Waals surface area contributed by atoms with Crippen LogP contribution in [-0.4, -0.2) is 21.0 Å². The highest BCUT2D eigenvalue weighted by Crippen LogP contribution is 2.40. The van der Waals surface area contributed by atoms with Gasteiger partial charge in [0.05, 0.1) is 5.56 Å². The molecule has 26 heavy (non-hydrogen) atoms. The highest BCUT2D eigenvalue weighted by Gasteiger charge is 2.34. The molecule has 0 fully saturated rings. The molecule has 3 N–H and O–H groups in total. The molecule has 0 bridgehead atoms. The molecule has 0 saturated heterocycles. The molecule has 0 radical (unpaired) electrons. The first-order chi connectivity index (χ1) is 12.6. The number of aromatic hydroxyl groups is 2. The van der Waals surface area contributed by atoms with Gasteiger partial charge < -0.3 is 20.4 Å². The van der Waals surface area contributed by atoms with Gasteiger partial charge in [0.25, 0.3) is 5.91 Å². The van der Waals surface area contributed by atoms with E-state index in [1.54, 1.807) is 23.1 Å². The maximum atomic E-state index is 13.1. The highest BCUT2D eigenvalue weighted by molar-refractivity contribution is 6.01. The first-order valence-electron chi connectivity index (χ1n) is 8.36. The topological polar surface area (TPSA) is 72.8 Å². The monoisotopic (exact) mass is 346 g/mol. The van der Waals surface area contributed by atoms with Crippen LogP contribution in [-0.2, 0) is 6.54 Å². The minimum atomic E-state index is -0.593. The number of carbonyl (C=O) groups excluding carboxylic acids is 1. The summed E-state index contributed by atoms with van der Waals surface area (Å²) in [6, 6.07) is 21.7. The Morgan fingerprint density at radius 3 is 2.42 bits per heavy atom. The van der Waals surface area contributed by atoms with E-state index in [-0.39, 0.29) is 17.4 Å². The summed E-state index contributed by atoms with van der Waals surface area (Å²) in [5.41, 5.74) is 2.71. The van der Waals surface area contributed by atoms with Gasteiger partial charge >= 0.3 is 0 Å². The zero-order chi connectivity index (χ0) is 18.1. The minimum absolute atomic E-state index is 0.129. The molecule has 5 nitrogen and oxygen atoms in total. The lowest BCUT2D eigenvalue weighted by Gasteiger charge is -2.38. The third kappa shape index (κ3) is 2.73.